The van der Waals surface area contributed by atoms with Crippen molar-refractivity contribution >= 4 is 34.6 Å². The van der Waals surface area contributed by atoms with Crippen LogP contribution in [0.4, 0.5) is 15.8 Å². The topological polar surface area (TPSA) is 75.3 Å². The molecule has 0 fully saturated rings. The van der Waals surface area contributed by atoms with Crippen LogP contribution in [-0.2, 0) is 0 Å². The Labute approximate surface area is 173 Å². The Kier molecular flexibility index (Phi) is 6.36. The van der Waals surface area contributed by atoms with Crippen LogP contribution in [0.1, 0.15) is 16.1 Å². The quantitative estimate of drug-likeness (QED) is 0.538. The lowest BCUT2D eigenvalue weighted by molar-refractivity contribution is 0.0958. The van der Waals surface area contributed by atoms with Crippen molar-refractivity contribution in [1.29, 1.82) is 0 Å². The number of thiocarbonyl (C=S) groups is 1. The van der Waals surface area contributed by atoms with Crippen LogP contribution >= 0.6 is 12.2 Å². The van der Waals surface area contributed by atoms with E-state index in [4.69, 9.17) is 17.0 Å². The minimum Gasteiger partial charge on any atom is -0.457 e. The molecule has 8 heteroatoms. The molecule has 3 aromatic rings. The number of rotatable bonds is 5. The van der Waals surface area contributed by atoms with Gasteiger partial charge >= 0.3 is 0 Å². The Morgan fingerprint density at radius 2 is 1.76 bits per heavy atom. The van der Waals surface area contributed by atoms with Gasteiger partial charge in [-0.05, 0) is 73.2 Å². The van der Waals surface area contributed by atoms with Gasteiger partial charge in [-0.1, -0.05) is 0 Å². The summed E-state index contributed by atoms with van der Waals surface area (Å²) in [6, 6.07) is 14.7. The van der Waals surface area contributed by atoms with E-state index < -0.39 is 0 Å². The second kappa shape index (κ2) is 9.11. The monoisotopic (exact) mass is 410 g/mol. The molecule has 0 aliphatic rings. The van der Waals surface area contributed by atoms with Crippen LogP contribution in [0.5, 0.6) is 11.5 Å². The molecule has 0 aliphatic heterocycles. The van der Waals surface area contributed by atoms with Gasteiger partial charge in [-0.2, -0.15) is 0 Å². The predicted molar refractivity (Wildman–Crippen MR) is 115 cm³/mol. The number of anilines is 2. The van der Waals surface area contributed by atoms with Crippen molar-refractivity contribution in [3.05, 3.63) is 77.9 Å². The first kappa shape index (κ1) is 20.2. The number of pyridine rings is 1. The number of ether oxygens (including phenoxy) is 1. The highest BCUT2D eigenvalue weighted by Crippen LogP contribution is 2.26. The first-order chi connectivity index (χ1) is 13.9. The van der Waals surface area contributed by atoms with E-state index in [9.17, 15) is 9.18 Å². The Morgan fingerprint density at radius 1 is 1.03 bits per heavy atom. The molecule has 1 aromatic heterocycles. The van der Waals surface area contributed by atoms with E-state index in [1.807, 2.05) is 19.1 Å². The highest BCUT2D eigenvalue weighted by atomic mass is 32.1. The van der Waals surface area contributed by atoms with Gasteiger partial charge < -0.3 is 20.7 Å². The molecule has 6 nitrogen and oxygen atoms in total. The summed E-state index contributed by atoms with van der Waals surface area (Å²) < 4.78 is 18.8. The fourth-order valence-electron chi connectivity index (χ4n) is 2.52. The van der Waals surface area contributed by atoms with Gasteiger partial charge in [0.05, 0.1) is 0 Å². The van der Waals surface area contributed by atoms with Crippen LogP contribution in [0.25, 0.3) is 0 Å². The molecule has 3 N–H and O–H groups in total. The Balaban J connectivity index is 1.66. The molecule has 0 unspecified atom stereocenters. The summed E-state index contributed by atoms with van der Waals surface area (Å²) in [5.74, 6) is 0.526. The highest BCUT2D eigenvalue weighted by Gasteiger charge is 2.08. The number of carbonyl (C=O) groups is 1. The molecule has 0 atom stereocenters. The number of aromatic nitrogens is 1. The summed E-state index contributed by atoms with van der Waals surface area (Å²) in [7, 11) is 1.54. The third-order valence-electron chi connectivity index (χ3n) is 3.97. The molecule has 0 spiro atoms. The van der Waals surface area contributed by atoms with Crippen LogP contribution in [0, 0.1) is 12.7 Å². The predicted octanol–water partition coefficient (Wildman–Crippen LogP) is 4.49. The van der Waals surface area contributed by atoms with Crippen LogP contribution in [0.15, 0.2) is 60.8 Å². The molecule has 2 aromatic carbocycles. The van der Waals surface area contributed by atoms with Crippen molar-refractivity contribution in [2.24, 2.45) is 0 Å². The number of aryl methyl sites for hydroxylation is 1. The summed E-state index contributed by atoms with van der Waals surface area (Å²) in [6.07, 6.45) is 1.52. The lowest BCUT2D eigenvalue weighted by Gasteiger charge is -2.14. The average molecular weight is 410 g/mol. The van der Waals surface area contributed by atoms with Gasteiger partial charge in [0.1, 0.15) is 23.0 Å². The first-order valence-corrected chi connectivity index (χ1v) is 9.15. The number of nitrogens with one attached hydrogen (secondary N) is 3. The second-order valence-electron chi connectivity index (χ2n) is 6.12. The standard InChI is InChI=1S/C21H19FN4O2S/c1-13-11-16(28-17-9-10-24-19(12-17)20(27)23-2)7-8-18(13)26-21(29)25-15-5-3-14(22)4-6-15/h3-12H,1-2H3,(H,23,27)(H2,25,26,29). The zero-order chi connectivity index (χ0) is 20.8. The molecule has 0 saturated heterocycles. The fourth-order valence-corrected chi connectivity index (χ4v) is 2.75. The van der Waals surface area contributed by atoms with Gasteiger partial charge in [0, 0.05) is 30.7 Å². The summed E-state index contributed by atoms with van der Waals surface area (Å²) in [6.45, 7) is 1.91. The molecule has 0 saturated carbocycles. The molecule has 0 aliphatic carbocycles. The summed E-state index contributed by atoms with van der Waals surface area (Å²) in [4.78, 5) is 15.7. The molecular formula is C21H19FN4O2S. The van der Waals surface area contributed by atoms with E-state index in [0.717, 1.165) is 11.3 Å². The number of amides is 1. The maximum Gasteiger partial charge on any atom is 0.269 e. The maximum absolute atomic E-state index is 13.0. The molecular weight excluding hydrogens is 391 g/mol. The lowest BCUT2D eigenvalue weighted by Crippen LogP contribution is -2.19. The molecule has 29 heavy (non-hydrogen) atoms. The van der Waals surface area contributed by atoms with E-state index in [-0.39, 0.29) is 17.4 Å². The van der Waals surface area contributed by atoms with Crippen molar-refractivity contribution < 1.29 is 13.9 Å². The Hall–Kier alpha value is -3.52. The van der Waals surface area contributed by atoms with E-state index in [1.54, 1.807) is 37.4 Å². The van der Waals surface area contributed by atoms with E-state index in [2.05, 4.69) is 20.9 Å². The smallest absolute Gasteiger partial charge is 0.269 e. The Bertz CT molecular complexity index is 1040. The normalized spacial score (nSPS) is 10.2. The van der Waals surface area contributed by atoms with E-state index >= 15 is 0 Å². The van der Waals surface area contributed by atoms with Crippen LogP contribution in [0.3, 0.4) is 0 Å². The van der Waals surface area contributed by atoms with Crippen LogP contribution < -0.4 is 20.7 Å². The zero-order valence-corrected chi connectivity index (χ0v) is 16.6. The first-order valence-electron chi connectivity index (χ1n) is 8.75. The third-order valence-corrected chi connectivity index (χ3v) is 4.18. The SMILES string of the molecule is CNC(=O)c1cc(Oc2ccc(NC(=S)Nc3ccc(F)cc3)c(C)c2)ccn1. The minimum atomic E-state index is -0.308. The molecule has 148 valence electrons. The number of benzene rings is 2. The minimum absolute atomic E-state index is 0.275. The Morgan fingerprint density at radius 3 is 2.45 bits per heavy atom. The molecule has 1 heterocycles. The maximum atomic E-state index is 13.0. The molecule has 0 radical (unpaired) electrons. The average Bonchev–Trinajstić information content (AvgIpc) is 2.71. The van der Waals surface area contributed by atoms with Crippen LogP contribution in [0.2, 0.25) is 0 Å². The van der Waals surface area contributed by atoms with Crippen molar-refractivity contribution in [2.45, 2.75) is 6.92 Å². The van der Waals surface area contributed by atoms with Gasteiger partial charge in [-0.25, -0.2) is 4.39 Å². The van der Waals surface area contributed by atoms with Gasteiger partial charge in [0.15, 0.2) is 5.11 Å². The van der Waals surface area contributed by atoms with Gasteiger partial charge in [-0.15, -0.1) is 0 Å². The number of hydrogen-bond acceptors (Lipinski definition) is 4. The number of halogens is 1. The number of carbonyl (C=O) groups excluding carboxylic acids is 1. The van der Waals surface area contributed by atoms with E-state index in [1.165, 1.54) is 18.3 Å². The van der Waals surface area contributed by atoms with Gasteiger partial charge in [0.2, 0.25) is 0 Å². The largest absolute Gasteiger partial charge is 0.457 e. The third kappa shape index (κ3) is 5.49. The van der Waals surface area contributed by atoms with Gasteiger partial charge in [0.25, 0.3) is 5.91 Å². The number of hydrogen-bond donors (Lipinski definition) is 3. The van der Waals surface area contributed by atoms with Crippen molar-refractivity contribution in [1.82, 2.24) is 10.3 Å². The van der Waals surface area contributed by atoms with E-state index in [0.29, 0.717) is 22.3 Å². The highest BCUT2D eigenvalue weighted by molar-refractivity contribution is 7.80. The summed E-state index contributed by atoms with van der Waals surface area (Å²) in [5, 5.41) is 9.02. The zero-order valence-electron chi connectivity index (χ0n) is 15.8. The molecule has 3 rings (SSSR count). The molecule has 1 amide bonds. The van der Waals surface area contributed by atoms with Gasteiger partial charge in [-0.3, -0.25) is 9.78 Å². The summed E-state index contributed by atoms with van der Waals surface area (Å²) >= 11 is 5.31. The van der Waals surface area contributed by atoms with Crippen molar-refractivity contribution in [2.75, 3.05) is 17.7 Å². The van der Waals surface area contributed by atoms with Crippen molar-refractivity contribution in [3.63, 3.8) is 0 Å². The summed E-state index contributed by atoms with van der Waals surface area (Å²) in [5.41, 5.74) is 2.67. The second-order valence-corrected chi connectivity index (χ2v) is 6.53. The van der Waals surface area contributed by atoms with Crippen LogP contribution in [-0.4, -0.2) is 23.1 Å². The lowest BCUT2D eigenvalue weighted by atomic mass is 10.2. The molecule has 0 bridgehead atoms. The van der Waals surface area contributed by atoms with Crippen molar-refractivity contribution in [3.8, 4) is 11.5 Å². The fraction of sp³-hybridized carbons (Fsp3) is 0.0952. The number of nitrogens with zero attached hydrogens (tertiary/aromatic N) is 1.